The van der Waals surface area contributed by atoms with Crippen molar-refractivity contribution in [1.29, 1.82) is 0 Å². The first-order valence-electron chi connectivity index (χ1n) is 4.46. The Kier molecular flexibility index (Phi) is 7.53. The molecule has 0 amide bonds. The Hall–Kier alpha value is 0.170. The number of hydrogen-bond donors (Lipinski definition) is 1. The van der Waals surface area contributed by atoms with E-state index in [0.29, 0.717) is 0 Å². The second-order valence-corrected chi connectivity index (χ2v) is 5.01. The lowest BCUT2D eigenvalue weighted by Crippen LogP contribution is -2.09. The van der Waals surface area contributed by atoms with Crippen molar-refractivity contribution in [2.24, 2.45) is 5.73 Å². The van der Waals surface area contributed by atoms with Crippen LogP contribution in [0.4, 0.5) is 0 Å². The summed E-state index contributed by atoms with van der Waals surface area (Å²) in [4.78, 5) is 0. The van der Waals surface area contributed by atoms with Gasteiger partial charge in [0.2, 0.25) is 0 Å². The molecule has 1 atom stereocenters. The molecule has 0 unspecified atom stereocenters. The maximum absolute atomic E-state index is 6.03. The highest BCUT2D eigenvalue weighted by atomic mass is 79.9. The number of halogens is 3. The lowest BCUT2D eigenvalue weighted by atomic mass is 10.0. The molecule has 0 bridgehead atoms. The fourth-order valence-corrected chi connectivity index (χ4v) is 2.58. The smallest absolute Gasteiger partial charge is 0.0298 e. The monoisotopic (exact) mass is 353 g/mol. The first-order chi connectivity index (χ1) is 6.63. The highest BCUT2D eigenvalue weighted by molar-refractivity contribution is 9.11. The molecular weight excluding hydrogens is 341 g/mol. The van der Waals surface area contributed by atoms with Crippen molar-refractivity contribution in [2.75, 3.05) is 0 Å². The van der Waals surface area contributed by atoms with Gasteiger partial charge < -0.3 is 5.73 Å². The van der Waals surface area contributed by atoms with Gasteiger partial charge in [-0.15, -0.1) is 19.0 Å². The van der Waals surface area contributed by atoms with Crippen LogP contribution in [0.3, 0.4) is 0 Å². The average molecular weight is 356 g/mol. The van der Waals surface area contributed by atoms with Crippen molar-refractivity contribution in [3.8, 4) is 0 Å². The van der Waals surface area contributed by atoms with Crippen LogP contribution in [0.1, 0.15) is 24.4 Å². The molecule has 0 aliphatic rings. The highest BCUT2D eigenvalue weighted by Crippen LogP contribution is 2.25. The third kappa shape index (κ3) is 5.16. The van der Waals surface area contributed by atoms with E-state index < -0.39 is 0 Å². The van der Waals surface area contributed by atoms with Crippen molar-refractivity contribution >= 4 is 44.3 Å². The number of rotatable bonds is 4. The molecule has 15 heavy (non-hydrogen) atoms. The van der Waals surface area contributed by atoms with Gasteiger partial charge in [0.15, 0.2) is 0 Å². The Balaban J connectivity index is 0.00000196. The van der Waals surface area contributed by atoms with Gasteiger partial charge in [0.05, 0.1) is 0 Å². The minimum absolute atomic E-state index is 0. The number of hydrogen-bond acceptors (Lipinski definition) is 1. The van der Waals surface area contributed by atoms with Crippen LogP contribution < -0.4 is 5.73 Å². The lowest BCUT2D eigenvalue weighted by Gasteiger charge is -2.11. The second kappa shape index (κ2) is 7.44. The summed E-state index contributed by atoms with van der Waals surface area (Å²) in [6.45, 7) is 3.69. The fourth-order valence-electron chi connectivity index (χ4n) is 1.25. The van der Waals surface area contributed by atoms with Crippen LogP contribution in [0.5, 0.6) is 0 Å². The summed E-state index contributed by atoms with van der Waals surface area (Å²) in [5, 5.41) is 0. The van der Waals surface area contributed by atoms with E-state index in [9.17, 15) is 0 Å². The van der Waals surface area contributed by atoms with Crippen LogP contribution in [0.25, 0.3) is 0 Å². The van der Waals surface area contributed by atoms with Crippen LogP contribution in [0.15, 0.2) is 39.8 Å². The van der Waals surface area contributed by atoms with Crippen LogP contribution in [-0.2, 0) is 0 Å². The predicted molar refractivity (Wildman–Crippen MR) is 75.4 cm³/mol. The molecule has 2 N–H and O–H groups in total. The number of allylic oxidation sites excluding steroid dienone is 1. The zero-order valence-electron chi connectivity index (χ0n) is 8.25. The van der Waals surface area contributed by atoms with Gasteiger partial charge in [-0.05, 0) is 36.6 Å². The largest absolute Gasteiger partial charge is 0.324 e. The Morgan fingerprint density at radius 3 is 2.27 bits per heavy atom. The zero-order chi connectivity index (χ0) is 10.6. The molecule has 1 aromatic carbocycles. The summed E-state index contributed by atoms with van der Waals surface area (Å²) >= 11 is 6.89. The van der Waals surface area contributed by atoms with E-state index in [0.717, 1.165) is 27.4 Å². The molecule has 84 valence electrons. The third-order valence-corrected chi connectivity index (χ3v) is 2.91. The van der Waals surface area contributed by atoms with E-state index >= 15 is 0 Å². The Bertz CT molecular complexity index is 308. The first kappa shape index (κ1) is 15.2. The van der Waals surface area contributed by atoms with Crippen molar-refractivity contribution in [1.82, 2.24) is 0 Å². The number of nitrogens with two attached hydrogens (primary N) is 1. The summed E-state index contributed by atoms with van der Waals surface area (Å²) in [7, 11) is 0. The molecule has 0 heterocycles. The minimum atomic E-state index is 0. The molecule has 0 aliphatic carbocycles. The highest BCUT2D eigenvalue weighted by Gasteiger charge is 2.06. The molecule has 1 rings (SSSR count). The van der Waals surface area contributed by atoms with Crippen molar-refractivity contribution in [3.63, 3.8) is 0 Å². The molecule has 0 aliphatic heterocycles. The lowest BCUT2D eigenvalue weighted by molar-refractivity contribution is 0.661. The summed E-state index contributed by atoms with van der Waals surface area (Å²) in [6, 6.07) is 6.20. The second-order valence-electron chi connectivity index (χ2n) is 3.18. The summed E-state index contributed by atoms with van der Waals surface area (Å²) in [5.74, 6) is 0. The molecule has 0 radical (unpaired) electrons. The molecule has 0 aromatic heterocycles. The average Bonchev–Trinajstić information content (AvgIpc) is 2.12. The van der Waals surface area contributed by atoms with Crippen molar-refractivity contribution < 1.29 is 0 Å². The van der Waals surface area contributed by atoms with E-state index in [2.05, 4.69) is 50.6 Å². The Morgan fingerprint density at radius 1 is 1.27 bits per heavy atom. The van der Waals surface area contributed by atoms with Gasteiger partial charge in [0.25, 0.3) is 0 Å². The Morgan fingerprint density at radius 2 is 1.80 bits per heavy atom. The predicted octanol–water partition coefficient (Wildman–Crippen LogP) is 4.60. The molecule has 0 fully saturated rings. The van der Waals surface area contributed by atoms with E-state index in [4.69, 9.17) is 5.73 Å². The SMILES string of the molecule is C=CCC[C@@H](N)c1cc(Br)cc(Br)c1.Cl. The molecule has 1 aromatic rings. The fraction of sp³-hybridized carbons (Fsp3) is 0.273. The van der Waals surface area contributed by atoms with Gasteiger partial charge in [-0.1, -0.05) is 37.9 Å². The topological polar surface area (TPSA) is 26.0 Å². The summed E-state index contributed by atoms with van der Waals surface area (Å²) < 4.78 is 2.10. The molecule has 0 saturated heterocycles. The van der Waals surface area contributed by atoms with Crippen molar-refractivity contribution in [2.45, 2.75) is 18.9 Å². The minimum Gasteiger partial charge on any atom is -0.324 e. The summed E-state index contributed by atoms with van der Waals surface area (Å²) in [5.41, 5.74) is 7.18. The quantitative estimate of drug-likeness (QED) is 0.785. The molecular formula is C11H14Br2ClN. The van der Waals surface area contributed by atoms with E-state index in [1.165, 1.54) is 0 Å². The summed E-state index contributed by atoms with van der Waals surface area (Å²) in [6.07, 6.45) is 3.78. The van der Waals surface area contributed by atoms with Gasteiger partial charge in [-0.2, -0.15) is 0 Å². The maximum atomic E-state index is 6.03. The van der Waals surface area contributed by atoms with Crippen LogP contribution in [0.2, 0.25) is 0 Å². The van der Waals surface area contributed by atoms with E-state index in [1.807, 2.05) is 12.1 Å². The van der Waals surface area contributed by atoms with E-state index in [1.54, 1.807) is 0 Å². The van der Waals surface area contributed by atoms with Gasteiger partial charge in [-0.3, -0.25) is 0 Å². The third-order valence-electron chi connectivity index (χ3n) is 1.99. The normalized spacial score (nSPS) is 11.7. The van der Waals surface area contributed by atoms with Gasteiger partial charge in [-0.25, -0.2) is 0 Å². The van der Waals surface area contributed by atoms with Crippen molar-refractivity contribution in [3.05, 3.63) is 45.4 Å². The molecule has 1 nitrogen and oxygen atoms in total. The first-order valence-corrected chi connectivity index (χ1v) is 6.04. The molecule has 0 spiro atoms. The Labute approximate surface area is 114 Å². The van der Waals surface area contributed by atoms with Crippen LogP contribution >= 0.6 is 44.3 Å². The molecule has 0 saturated carbocycles. The molecule has 4 heteroatoms. The van der Waals surface area contributed by atoms with Crippen LogP contribution in [-0.4, -0.2) is 0 Å². The standard InChI is InChI=1S/C11H13Br2N.ClH/c1-2-3-4-11(14)8-5-9(12)7-10(13)6-8;/h2,5-7,11H,1,3-4,14H2;1H/t11-;/m1./s1. The zero-order valence-corrected chi connectivity index (χ0v) is 12.2. The van der Waals surface area contributed by atoms with Gasteiger partial charge >= 0.3 is 0 Å². The van der Waals surface area contributed by atoms with Gasteiger partial charge in [0, 0.05) is 15.0 Å². The van der Waals surface area contributed by atoms with Crippen LogP contribution in [0, 0.1) is 0 Å². The van der Waals surface area contributed by atoms with Gasteiger partial charge in [0.1, 0.15) is 0 Å². The number of benzene rings is 1. The maximum Gasteiger partial charge on any atom is 0.0298 e. The van der Waals surface area contributed by atoms with E-state index in [-0.39, 0.29) is 18.4 Å².